The first-order valence-corrected chi connectivity index (χ1v) is 8.61. The maximum absolute atomic E-state index is 12.2. The summed E-state index contributed by atoms with van der Waals surface area (Å²) in [5, 5.41) is 3.70. The van der Waals surface area contributed by atoms with Gasteiger partial charge in [-0.05, 0) is 31.4 Å². The van der Waals surface area contributed by atoms with Crippen LogP contribution in [0.15, 0.2) is 29.1 Å². The number of amides is 1. The van der Waals surface area contributed by atoms with Crippen LogP contribution < -0.4 is 16.6 Å². The summed E-state index contributed by atoms with van der Waals surface area (Å²) < 4.78 is 0. The number of nitrogens with zero attached hydrogens (tertiary/aromatic N) is 1. The Kier molecular flexibility index (Phi) is 4.94. The van der Waals surface area contributed by atoms with Gasteiger partial charge in [0.15, 0.2) is 0 Å². The number of para-hydroxylation sites is 1. The summed E-state index contributed by atoms with van der Waals surface area (Å²) in [5.41, 5.74) is 6.20. The molecule has 6 heteroatoms. The van der Waals surface area contributed by atoms with E-state index in [9.17, 15) is 9.59 Å². The number of H-pyrrole nitrogens is 1. The number of nitrogens with one attached hydrogen (secondary N) is 2. The zero-order chi connectivity index (χ0) is 17.0. The maximum atomic E-state index is 12.2. The van der Waals surface area contributed by atoms with E-state index in [-0.39, 0.29) is 17.0 Å². The van der Waals surface area contributed by atoms with Crippen molar-refractivity contribution in [3.05, 3.63) is 40.4 Å². The molecule has 6 nitrogen and oxygen atoms in total. The topological polar surface area (TPSA) is 101 Å². The number of aromatic amines is 1. The van der Waals surface area contributed by atoms with Crippen LogP contribution in [0.1, 0.15) is 44.3 Å². The molecule has 4 N–H and O–H groups in total. The zero-order valence-corrected chi connectivity index (χ0v) is 13.8. The predicted molar refractivity (Wildman–Crippen MR) is 93.7 cm³/mol. The molecule has 1 saturated carbocycles. The average molecular weight is 328 g/mol. The molecule has 0 unspecified atom stereocenters. The Bertz CT molecular complexity index is 778. The SMILES string of the molecule is NCC1(NC(=O)CCCc2nc3ccccc3c(=O)[nH]2)CCCC1. The second kappa shape index (κ2) is 7.13. The third-order valence-electron chi connectivity index (χ3n) is 4.84. The van der Waals surface area contributed by atoms with Crippen molar-refractivity contribution in [1.82, 2.24) is 15.3 Å². The number of carbonyl (C=O) groups is 1. The fraction of sp³-hybridized carbons (Fsp3) is 0.500. The maximum Gasteiger partial charge on any atom is 0.258 e. The number of aromatic nitrogens is 2. The van der Waals surface area contributed by atoms with Crippen molar-refractivity contribution in [3.8, 4) is 0 Å². The molecule has 128 valence electrons. The third kappa shape index (κ3) is 3.64. The van der Waals surface area contributed by atoms with Crippen LogP contribution in [-0.2, 0) is 11.2 Å². The summed E-state index contributed by atoms with van der Waals surface area (Å²) in [6.07, 6.45) is 5.82. The summed E-state index contributed by atoms with van der Waals surface area (Å²) in [5.74, 6) is 0.659. The van der Waals surface area contributed by atoms with E-state index in [4.69, 9.17) is 5.73 Å². The van der Waals surface area contributed by atoms with Gasteiger partial charge in [-0.2, -0.15) is 0 Å². The molecule has 0 spiro atoms. The molecule has 1 fully saturated rings. The molecule has 0 saturated heterocycles. The molecule has 1 aliphatic rings. The Morgan fingerprint density at radius 2 is 2.04 bits per heavy atom. The van der Waals surface area contributed by atoms with E-state index in [1.54, 1.807) is 6.07 Å². The molecule has 0 radical (unpaired) electrons. The summed E-state index contributed by atoms with van der Waals surface area (Å²) >= 11 is 0. The van der Waals surface area contributed by atoms with E-state index >= 15 is 0 Å². The monoisotopic (exact) mass is 328 g/mol. The van der Waals surface area contributed by atoms with Gasteiger partial charge in [0, 0.05) is 19.4 Å². The van der Waals surface area contributed by atoms with E-state index < -0.39 is 0 Å². The standard InChI is InChI=1S/C18H24N4O2/c19-12-18(10-3-4-11-18)22-16(23)9-5-8-15-20-14-7-2-1-6-13(14)17(24)21-15/h1-2,6-7H,3-5,8-12,19H2,(H,22,23)(H,20,21,24). The van der Waals surface area contributed by atoms with Crippen LogP contribution in [-0.4, -0.2) is 28.0 Å². The minimum atomic E-state index is -0.202. The van der Waals surface area contributed by atoms with Crippen molar-refractivity contribution in [2.45, 2.75) is 50.5 Å². The molecular weight excluding hydrogens is 304 g/mol. The van der Waals surface area contributed by atoms with Gasteiger partial charge < -0.3 is 16.0 Å². The smallest absolute Gasteiger partial charge is 0.258 e. The van der Waals surface area contributed by atoms with E-state index in [0.717, 1.165) is 25.7 Å². The highest BCUT2D eigenvalue weighted by Gasteiger charge is 2.33. The number of fused-ring (bicyclic) bond motifs is 1. The first-order chi connectivity index (χ1) is 11.6. The second-order valence-corrected chi connectivity index (χ2v) is 6.62. The molecule has 2 aromatic rings. The van der Waals surface area contributed by atoms with Gasteiger partial charge in [0.2, 0.25) is 5.91 Å². The van der Waals surface area contributed by atoms with Gasteiger partial charge in [0.1, 0.15) is 5.82 Å². The van der Waals surface area contributed by atoms with Crippen LogP contribution >= 0.6 is 0 Å². The lowest BCUT2D eigenvalue weighted by Gasteiger charge is -2.28. The Morgan fingerprint density at radius 3 is 2.79 bits per heavy atom. The number of rotatable bonds is 6. The number of benzene rings is 1. The molecule has 1 aromatic carbocycles. The highest BCUT2D eigenvalue weighted by atomic mass is 16.1. The lowest BCUT2D eigenvalue weighted by atomic mass is 9.97. The van der Waals surface area contributed by atoms with Gasteiger partial charge >= 0.3 is 0 Å². The number of hydrogen-bond acceptors (Lipinski definition) is 4. The highest BCUT2D eigenvalue weighted by Crippen LogP contribution is 2.28. The first-order valence-electron chi connectivity index (χ1n) is 8.61. The van der Waals surface area contributed by atoms with Gasteiger partial charge in [0.05, 0.1) is 16.4 Å². The quantitative estimate of drug-likeness (QED) is 0.750. The fourth-order valence-electron chi connectivity index (χ4n) is 3.46. The third-order valence-corrected chi connectivity index (χ3v) is 4.84. The Morgan fingerprint density at radius 1 is 1.29 bits per heavy atom. The van der Waals surface area contributed by atoms with Crippen molar-refractivity contribution >= 4 is 16.8 Å². The van der Waals surface area contributed by atoms with Crippen molar-refractivity contribution in [2.75, 3.05) is 6.54 Å². The molecule has 1 aliphatic carbocycles. The van der Waals surface area contributed by atoms with Crippen LogP contribution in [0.5, 0.6) is 0 Å². The Hall–Kier alpha value is -2.21. The fourth-order valence-corrected chi connectivity index (χ4v) is 3.46. The zero-order valence-electron chi connectivity index (χ0n) is 13.8. The molecule has 1 heterocycles. The average Bonchev–Trinajstić information content (AvgIpc) is 3.04. The van der Waals surface area contributed by atoms with Gasteiger partial charge in [-0.15, -0.1) is 0 Å². The lowest BCUT2D eigenvalue weighted by molar-refractivity contribution is -0.123. The molecular formula is C18H24N4O2. The van der Waals surface area contributed by atoms with Gasteiger partial charge in [-0.3, -0.25) is 9.59 Å². The van der Waals surface area contributed by atoms with E-state index in [1.165, 1.54) is 0 Å². The minimum absolute atomic E-state index is 0.0329. The number of hydrogen-bond donors (Lipinski definition) is 3. The Labute approximate surface area is 140 Å². The molecule has 0 atom stereocenters. The number of nitrogens with two attached hydrogens (primary N) is 1. The first kappa shape index (κ1) is 16.6. The highest BCUT2D eigenvalue weighted by molar-refractivity contribution is 5.77. The van der Waals surface area contributed by atoms with Crippen molar-refractivity contribution < 1.29 is 4.79 Å². The summed E-state index contributed by atoms with van der Waals surface area (Å²) in [6, 6.07) is 7.26. The van der Waals surface area contributed by atoms with Crippen molar-refractivity contribution in [1.29, 1.82) is 0 Å². The predicted octanol–water partition coefficient (Wildman–Crippen LogP) is 1.63. The molecule has 0 bridgehead atoms. The van der Waals surface area contributed by atoms with Crippen LogP contribution in [0, 0.1) is 0 Å². The minimum Gasteiger partial charge on any atom is -0.349 e. The van der Waals surface area contributed by atoms with Crippen LogP contribution in [0.4, 0.5) is 0 Å². The van der Waals surface area contributed by atoms with E-state index in [1.807, 2.05) is 18.2 Å². The largest absolute Gasteiger partial charge is 0.349 e. The molecule has 3 rings (SSSR count). The second-order valence-electron chi connectivity index (χ2n) is 6.62. The summed E-state index contributed by atoms with van der Waals surface area (Å²) in [4.78, 5) is 31.4. The molecule has 1 amide bonds. The van der Waals surface area contributed by atoms with Crippen molar-refractivity contribution in [2.24, 2.45) is 5.73 Å². The van der Waals surface area contributed by atoms with Crippen LogP contribution in [0.3, 0.4) is 0 Å². The molecule has 24 heavy (non-hydrogen) atoms. The lowest BCUT2D eigenvalue weighted by Crippen LogP contribution is -2.51. The normalized spacial score (nSPS) is 16.4. The molecule has 1 aromatic heterocycles. The molecule has 0 aliphatic heterocycles. The van der Waals surface area contributed by atoms with Crippen LogP contribution in [0.2, 0.25) is 0 Å². The van der Waals surface area contributed by atoms with E-state index in [2.05, 4.69) is 15.3 Å². The Balaban J connectivity index is 1.56. The van der Waals surface area contributed by atoms with Crippen LogP contribution in [0.25, 0.3) is 10.9 Å². The number of aryl methyl sites for hydroxylation is 1. The van der Waals surface area contributed by atoms with Gasteiger partial charge in [-0.1, -0.05) is 25.0 Å². The van der Waals surface area contributed by atoms with Gasteiger partial charge in [0.25, 0.3) is 5.56 Å². The number of carbonyl (C=O) groups excluding carboxylic acids is 1. The summed E-state index contributed by atoms with van der Waals surface area (Å²) in [7, 11) is 0. The van der Waals surface area contributed by atoms with Gasteiger partial charge in [-0.25, -0.2) is 4.98 Å². The van der Waals surface area contributed by atoms with Crippen molar-refractivity contribution in [3.63, 3.8) is 0 Å². The summed E-state index contributed by atoms with van der Waals surface area (Å²) in [6.45, 7) is 0.498. The van der Waals surface area contributed by atoms with E-state index in [0.29, 0.717) is 42.5 Å².